The predicted molar refractivity (Wildman–Crippen MR) is 123 cm³/mol. The molecule has 0 saturated heterocycles. The Kier molecular flexibility index (Phi) is 6.20. The topological polar surface area (TPSA) is 29.5 Å². The Hall–Kier alpha value is -1.93. The molecule has 0 saturated carbocycles. The minimum Gasteiger partial charge on any atom is -0.444 e. The first kappa shape index (κ1) is 20.3. The highest BCUT2D eigenvalue weighted by Crippen LogP contribution is 2.44. The Labute approximate surface area is 191 Å². The monoisotopic (exact) mass is 565 g/mol. The maximum absolute atomic E-state index is 14.6. The molecule has 1 heterocycles. The van der Waals surface area contributed by atoms with Crippen LogP contribution in [0.5, 0.6) is 0 Å². The zero-order chi connectivity index (χ0) is 20.4. The number of carbonyl (C=O) groups is 1. The number of benzene rings is 3. The molecule has 0 bridgehead atoms. The number of nitrogens with zero attached hydrogens (tertiary/aromatic N) is 1. The molecule has 0 N–H and O–H groups in total. The van der Waals surface area contributed by atoms with Crippen molar-refractivity contribution < 1.29 is 13.9 Å². The van der Waals surface area contributed by atoms with E-state index in [0.717, 1.165) is 31.3 Å². The lowest BCUT2D eigenvalue weighted by atomic mass is 9.91. The SMILES string of the molecule is O=C(OCc1ccccc1)N1c2c(Br)cc(I)cc2CCC1c1ccccc1F. The second-order valence-corrected chi connectivity index (χ2v) is 8.98. The van der Waals surface area contributed by atoms with E-state index < -0.39 is 12.1 Å². The summed E-state index contributed by atoms with van der Waals surface area (Å²) in [7, 11) is 0. The standard InChI is InChI=1S/C23H18BrFINO2/c24-19-13-17(26)12-16-10-11-21(18-8-4-5-9-20(18)25)27(22(16)19)23(28)29-14-15-6-2-1-3-7-15/h1-9,12-13,21H,10-11,14H2. The van der Waals surface area contributed by atoms with E-state index in [2.05, 4.69) is 44.6 Å². The van der Waals surface area contributed by atoms with Crippen LogP contribution < -0.4 is 4.90 Å². The summed E-state index contributed by atoms with van der Waals surface area (Å²) in [4.78, 5) is 14.8. The molecule has 1 aliphatic heterocycles. The maximum atomic E-state index is 14.6. The number of ether oxygens (including phenoxy) is 1. The Morgan fingerprint density at radius 1 is 1.14 bits per heavy atom. The summed E-state index contributed by atoms with van der Waals surface area (Å²) in [5, 5.41) is 0. The average molecular weight is 566 g/mol. The van der Waals surface area contributed by atoms with Crippen LogP contribution in [-0.4, -0.2) is 6.09 Å². The molecule has 3 nitrogen and oxygen atoms in total. The molecule has 0 fully saturated rings. The maximum Gasteiger partial charge on any atom is 0.415 e. The third-order valence-corrected chi connectivity index (χ3v) is 6.24. The number of hydrogen-bond acceptors (Lipinski definition) is 2. The van der Waals surface area contributed by atoms with Crippen molar-refractivity contribution in [3.8, 4) is 0 Å². The van der Waals surface area contributed by atoms with E-state index in [9.17, 15) is 9.18 Å². The summed E-state index contributed by atoms with van der Waals surface area (Å²) in [6.45, 7) is 0.164. The highest BCUT2D eigenvalue weighted by Gasteiger charge is 2.36. The van der Waals surface area contributed by atoms with Gasteiger partial charge in [-0.25, -0.2) is 9.18 Å². The van der Waals surface area contributed by atoms with Crippen LogP contribution in [-0.2, 0) is 17.8 Å². The second kappa shape index (κ2) is 8.83. The highest BCUT2D eigenvalue weighted by atomic mass is 127. The van der Waals surface area contributed by atoms with Gasteiger partial charge in [0.15, 0.2) is 0 Å². The molecule has 0 spiro atoms. The zero-order valence-electron chi connectivity index (χ0n) is 15.4. The highest BCUT2D eigenvalue weighted by molar-refractivity contribution is 14.1. The van der Waals surface area contributed by atoms with E-state index in [1.807, 2.05) is 36.4 Å². The summed E-state index contributed by atoms with van der Waals surface area (Å²) in [5.41, 5.74) is 3.21. The van der Waals surface area contributed by atoms with Crippen molar-refractivity contribution in [3.63, 3.8) is 0 Å². The van der Waals surface area contributed by atoms with E-state index in [1.54, 1.807) is 23.1 Å². The number of fused-ring (bicyclic) bond motifs is 1. The van der Waals surface area contributed by atoms with Crippen LogP contribution >= 0.6 is 38.5 Å². The lowest BCUT2D eigenvalue weighted by Gasteiger charge is -2.37. The van der Waals surface area contributed by atoms with Crippen molar-refractivity contribution in [2.24, 2.45) is 0 Å². The van der Waals surface area contributed by atoms with E-state index in [-0.39, 0.29) is 12.4 Å². The molecular weight excluding hydrogens is 548 g/mol. The van der Waals surface area contributed by atoms with Gasteiger partial charge in [-0.3, -0.25) is 4.90 Å². The van der Waals surface area contributed by atoms with E-state index in [1.165, 1.54) is 6.07 Å². The van der Waals surface area contributed by atoms with Crippen molar-refractivity contribution >= 4 is 50.3 Å². The van der Waals surface area contributed by atoms with Crippen LogP contribution in [0.4, 0.5) is 14.9 Å². The number of anilines is 1. The van der Waals surface area contributed by atoms with Gasteiger partial charge in [0.25, 0.3) is 0 Å². The Morgan fingerprint density at radius 3 is 2.62 bits per heavy atom. The van der Waals surface area contributed by atoms with Crippen molar-refractivity contribution in [1.82, 2.24) is 0 Å². The normalized spacial score (nSPS) is 15.7. The first-order chi connectivity index (χ1) is 14.0. The first-order valence-corrected chi connectivity index (χ1v) is 11.1. The molecule has 1 atom stereocenters. The minimum atomic E-state index is -0.482. The summed E-state index contributed by atoms with van der Waals surface area (Å²) in [6, 6.07) is 19.8. The molecule has 0 radical (unpaired) electrons. The van der Waals surface area contributed by atoms with Gasteiger partial charge in [-0.2, -0.15) is 0 Å². The second-order valence-electron chi connectivity index (χ2n) is 6.88. The predicted octanol–water partition coefficient (Wildman–Crippen LogP) is 7.02. The van der Waals surface area contributed by atoms with Crippen LogP contribution in [0, 0.1) is 9.39 Å². The van der Waals surface area contributed by atoms with E-state index in [4.69, 9.17) is 4.74 Å². The van der Waals surface area contributed by atoms with Gasteiger partial charge in [-0.1, -0.05) is 48.5 Å². The van der Waals surface area contributed by atoms with Gasteiger partial charge in [-0.15, -0.1) is 0 Å². The van der Waals surface area contributed by atoms with Crippen molar-refractivity contribution in [3.05, 3.63) is 97.3 Å². The number of halogens is 3. The minimum absolute atomic E-state index is 0.164. The first-order valence-electron chi connectivity index (χ1n) is 9.27. The Balaban J connectivity index is 1.72. The molecule has 4 rings (SSSR count). The van der Waals surface area contributed by atoms with Crippen LogP contribution in [0.15, 0.2) is 71.2 Å². The Morgan fingerprint density at radius 2 is 1.86 bits per heavy atom. The largest absolute Gasteiger partial charge is 0.444 e. The van der Waals surface area contributed by atoms with Crippen molar-refractivity contribution in [2.75, 3.05) is 4.90 Å². The van der Waals surface area contributed by atoms with Crippen LogP contribution in [0.2, 0.25) is 0 Å². The lowest BCUT2D eigenvalue weighted by Crippen LogP contribution is -2.39. The van der Waals surface area contributed by atoms with Crippen LogP contribution in [0.25, 0.3) is 0 Å². The third kappa shape index (κ3) is 4.33. The molecule has 3 aromatic carbocycles. The van der Waals surface area contributed by atoms with Crippen molar-refractivity contribution in [2.45, 2.75) is 25.5 Å². The van der Waals surface area contributed by atoms with Gasteiger partial charge in [-0.05, 0) is 80.7 Å². The molecule has 1 amide bonds. The lowest BCUT2D eigenvalue weighted by molar-refractivity contribution is 0.143. The number of amides is 1. The molecule has 148 valence electrons. The smallest absolute Gasteiger partial charge is 0.415 e. The summed E-state index contributed by atoms with van der Waals surface area (Å²) in [5.74, 6) is -0.316. The van der Waals surface area contributed by atoms with Crippen LogP contribution in [0.3, 0.4) is 0 Å². The molecule has 1 aliphatic rings. The summed E-state index contributed by atoms with van der Waals surface area (Å²) >= 11 is 5.87. The zero-order valence-corrected chi connectivity index (χ0v) is 19.2. The van der Waals surface area contributed by atoms with Gasteiger partial charge < -0.3 is 4.74 Å². The number of rotatable bonds is 3. The molecular formula is C23H18BrFINO2. The van der Waals surface area contributed by atoms with Gasteiger partial charge >= 0.3 is 6.09 Å². The fraction of sp³-hybridized carbons (Fsp3) is 0.174. The summed E-state index contributed by atoms with van der Waals surface area (Å²) in [6.07, 6.45) is 0.901. The van der Waals surface area contributed by atoms with Gasteiger partial charge in [0, 0.05) is 13.6 Å². The Bertz CT molecular complexity index is 1040. The molecule has 6 heteroatoms. The third-order valence-electron chi connectivity index (χ3n) is 5.01. The van der Waals surface area contributed by atoms with Gasteiger partial charge in [0.05, 0.1) is 11.7 Å². The average Bonchev–Trinajstić information content (AvgIpc) is 2.72. The molecule has 29 heavy (non-hydrogen) atoms. The fourth-order valence-corrected chi connectivity index (χ4v) is 5.51. The molecule has 3 aromatic rings. The van der Waals surface area contributed by atoms with Crippen molar-refractivity contribution in [1.29, 1.82) is 0 Å². The van der Waals surface area contributed by atoms with Gasteiger partial charge in [0.2, 0.25) is 0 Å². The number of hydrogen-bond donors (Lipinski definition) is 0. The molecule has 0 aromatic heterocycles. The van der Waals surface area contributed by atoms with Crippen LogP contribution in [0.1, 0.15) is 29.2 Å². The molecule has 0 aliphatic carbocycles. The molecule has 1 unspecified atom stereocenters. The quantitative estimate of drug-likeness (QED) is 0.319. The van der Waals surface area contributed by atoms with E-state index >= 15 is 0 Å². The summed E-state index contributed by atoms with van der Waals surface area (Å²) < 4.78 is 22.1. The fourth-order valence-electron chi connectivity index (χ4n) is 3.70. The number of carbonyl (C=O) groups excluding carboxylic acids is 1. The van der Waals surface area contributed by atoms with E-state index in [0.29, 0.717) is 12.0 Å². The number of aryl methyl sites for hydroxylation is 1. The van der Waals surface area contributed by atoms with Gasteiger partial charge in [0.1, 0.15) is 12.4 Å².